The molecule has 1 aliphatic carbocycles. The van der Waals surface area contributed by atoms with Crippen LogP contribution in [0, 0.1) is 6.33 Å². The van der Waals surface area contributed by atoms with Gasteiger partial charge in [-0.15, -0.1) is 0 Å². The van der Waals surface area contributed by atoms with Crippen molar-refractivity contribution in [2.75, 3.05) is 0 Å². The second kappa shape index (κ2) is 22.6. The van der Waals surface area contributed by atoms with Gasteiger partial charge in [-0.25, -0.2) is 4.98 Å². The molecular weight excluding hydrogens is 1220 g/mol. The van der Waals surface area contributed by atoms with Gasteiger partial charge in [-0.1, -0.05) is 233 Å². The Morgan fingerprint density at radius 2 is 0.960 bits per heavy atom. The number of pyridine rings is 1. The predicted molar refractivity (Wildman–Crippen MR) is 415 cm³/mol. The maximum Gasteiger partial charge on any atom is 0.269 e. The maximum atomic E-state index is 10.7. The normalized spacial score (nSPS) is 15.8. The van der Waals surface area contributed by atoms with Crippen LogP contribution in [0.1, 0.15) is 122 Å². The largest absolute Gasteiger partial charge is 0.458 e. The summed E-state index contributed by atoms with van der Waals surface area (Å²) in [4.78, 5) is 4.96. The summed E-state index contributed by atoms with van der Waals surface area (Å²) in [6.07, 6.45) is 7.80. The molecule has 4 aromatic heterocycles. The summed E-state index contributed by atoms with van der Waals surface area (Å²) in [7, 11) is 0. The Hall–Kier alpha value is -11.3. The molecule has 0 spiro atoms. The molecule has 0 radical (unpaired) electrons. The number of nitrogens with zero attached hydrogens (tertiary/aromatic N) is 5. The fraction of sp³-hybridized carbons (Fsp3) is 0.170. The molecule has 1 aliphatic heterocycles. The third kappa shape index (κ3) is 9.96. The van der Waals surface area contributed by atoms with E-state index in [9.17, 15) is 9.60 Å². The first-order valence-electron chi connectivity index (χ1n) is 40.8. The van der Waals surface area contributed by atoms with Crippen LogP contribution in [0.3, 0.4) is 0 Å². The summed E-state index contributed by atoms with van der Waals surface area (Å²) in [6.45, 7) is 22.6. The van der Waals surface area contributed by atoms with E-state index in [0.29, 0.717) is 33.8 Å². The van der Waals surface area contributed by atoms with Crippen molar-refractivity contribution in [2.24, 2.45) is 0 Å². The number of hydrogen-bond acceptors (Lipinski definition) is 2. The average molecular weight is 1310 g/mol. The average Bonchev–Trinajstić information content (AvgIpc) is 1.63. The molecule has 0 atom stereocenters. The zero-order valence-corrected chi connectivity index (χ0v) is 57.5. The maximum absolute atomic E-state index is 10.7. The monoisotopic (exact) mass is 1310 g/mol. The Bertz CT molecular complexity index is 6660. The van der Waals surface area contributed by atoms with Crippen molar-refractivity contribution in [1.29, 1.82) is 0 Å². The highest BCUT2D eigenvalue weighted by molar-refractivity contribution is 6.11. The molecule has 16 aromatic rings. The summed E-state index contributed by atoms with van der Waals surface area (Å²) < 4.78 is 139. The molecule has 0 unspecified atom stereocenters. The lowest BCUT2D eigenvalue weighted by atomic mass is 9.62. The molecule has 0 bridgehead atoms. The van der Waals surface area contributed by atoms with E-state index in [-0.39, 0.29) is 27.4 Å². The third-order valence-electron chi connectivity index (χ3n) is 20.9. The number of rotatable bonds is 8. The molecule has 18 rings (SSSR count). The highest BCUT2D eigenvalue weighted by atomic mass is 16.5. The lowest BCUT2D eigenvalue weighted by molar-refractivity contribution is -0.571. The Labute approximate surface area is 604 Å². The summed E-state index contributed by atoms with van der Waals surface area (Å²) in [6, 6.07) is 55.5. The molecule has 5 heterocycles. The van der Waals surface area contributed by atoms with Crippen LogP contribution in [-0.4, -0.2) is 18.7 Å². The molecule has 486 valence electrons. The Balaban J connectivity index is 1.00. The SMILES string of the molecule is [2H]c1c([2H])c([2H])c(-c2c([2H])c(-c3cc4c5c(c3)n(-c3cccc(Oc6ccc7c8ccccc8n(-c8cc(C(C)(C)C)ccn8)c7c6)c3)[c-][n+]5-c3c(cc(C(C)(C)C)cc3-n3c5ccccc5c5ccccc53)-c3cc5c(cc3-c3ccccc3-4)C(C)(C)CCC5(C)C)c([2H])c(-c3c([2H])c([2H])c([2H])c([2H])c3[2H])c2[2H])c([2H])c1[2H]. The van der Waals surface area contributed by atoms with E-state index in [2.05, 4.69) is 205 Å². The molecule has 100 heavy (non-hydrogen) atoms. The van der Waals surface area contributed by atoms with Gasteiger partial charge in [0.2, 0.25) is 0 Å². The first-order valence-corrected chi connectivity index (χ1v) is 34.3. The number of imidazole rings is 1. The topological polar surface area (TPSA) is 40.8 Å². The number of aromatic nitrogens is 5. The number of ether oxygens (including phenoxy) is 1. The van der Waals surface area contributed by atoms with Gasteiger partial charge in [0.15, 0.2) is 0 Å². The number of fused-ring (bicyclic) bond motifs is 14. The fourth-order valence-corrected chi connectivity index (χ4v) is 15.5. The van der Waals surface area contributed by atoms with E-state index in [1.54, 1.807) is 0 Å². The van der Waals surface area contributed by atoms with Gasteiger partial charge in [-0.2, -0.15) is 0 Å². The smallest absolute Gasteiger partial charge is 0.269 e. The molecule has 0 saturated carbocycles. The van der Waals surface area contributed by atoms with Crippen LogP contribution in [0.2, 0.25) is 0 Å². The van der Waals surface area contributed by atoms with E-state index in [4.69, 9.17) is 17.9 Å². The van der Waals surface area contributed by atoms with Gasteiger partial charge in [0.25, 0.3) is 6.33 Å². The minimum atomic E-state index is -0.748. The van der Waals surface area contributed by atoms with Crippen molar-refractivity contribution in [2.45, 2.75) is 104 Å². The molecule has 0 fully saturated rings. The van der Waals surface area contributed by atoms with E-state index >= 15 is 0 Å². The van der Waals surface area contributed by atoms with Gasteiger partial charge in [0, 0.05) is 33.8 Å². The molecule has 12 aromatic carbocycles. The number of para-hydroxylation sites is 3. The van der Waals surface area contributed by atoms with Crippen LogP contribution in [0.5, 0.6) is 11.5 Å². The van der Waals surface area contributed by atoms with Crippen molar-refractivity contribution in [3.63, 3.8) is 0 Å². The molecule has 0 amide bonds. The highest BCUT2D eigenvalue weighted by Gasteiger charge is 2.40. The third-order valence-corrected chi connectivity index (χ3v) is 20.9. The Morgan fingerprint density at radius 3 is 1.56 bits per heavy atom. The van der Waals surface area contributed by atoms with Crippen LogP contribution >= 0.6 is 0 Å². The van der Waals surface area contributed by atoms with Crippen LogP contribution in [-0.2, 0) is 21.7 Å². The number of hydrogen-bond donors (Lipinski definition) is 0. The summed E-state index contributed by atoms with van der Waals surface area (Å²) >= 11 is 0. The van der Waals surface area contributed by atoms with Gasteiger partial charge in [-0.3, -0.25) is 13.7 Å². The van der Waals surface area contributed by atoms with Crippen LogP contribution in [0.25, 0.3) is 144 Å². The summed E-state index contributed by atoms with van der Waals surface area (Å²) in [5.74, 6) is 1.78. The van der Waals surface area contributed by atoms with Crippen LogP contribution < -0.4 is 9.30 Å². The summed E-state index contributed by atoms with van der Waals surface area (Å²) in [5.41, 5.74) is 13.6. The standard InChI is InChI=1S/C94H79N5O/c1-91(2,3)65-42-45-95-88(53-65)99-84-39-24-21-36-74(84)75-41-40-69(55-85(75)99)100-68-31-25-30-67(54-68)96-58-97-89-78(49-64(50-86(89)96)63-47-61(59-26-13-11-14-27-59)46-62(48-63)60-28-15-12-16-29-60)71-33-18-17-32-70(71)76-56-80-81(94(9,10)44-43-93(80,7)8)57-77(76)79-51-66(92(4,5)6)52-87(90(79)97)98-82-37-22-19-34-72(82)73-35-20-23-38-83(73)98/h11-42,45-57H,43-44H2,1-10H3/i11D,12D,13D,14D,15D,16D,26D,27D,28D,29D,46D,47D,48D. The van der Waals surface area contributed by atoms with Crippen LogP contribution in [0.15, 0.2) is 273 Å². The van der Waals surface area contributed by atoms with E-state index in [1.165, 1.54) is 11.1 Å². The van der Waals surface area contributed by atoms with Crippen molar-refractivity contribution in [3.8, 4) is 101 Å². The van der Waals surface area contributed by atoms with Gasteiger partial charge in [-0.05, 0) is 221 Å². The van der Waals surface area contributed by atoms with Gasteiger partial charge < -0.3 is 9.30 Å². The molecule has 2 aliphatic rings. The van der Waals surface area contributed by atoms with E-state index in [0.717, 1.165) is 113 Å². The van der Waals surface area contributed by atoms with Gasteiger partial charge in [0.1, 0.15) is 17.3 Å². The van der Waals surface area contributed by atoms with Crippen molar-refractivity contribution >= 4 is 54.6 Å². The Morgan fingerprint density at radius 1 is 0.430 bits per heavy atom. The molecule has 6 heteroatoms. The zero-order chi connectivity index (χ0) is 79.5. The first kappa shape index (κ1) is 48.4. The minimum absolute atomic E-state index is 0.153. The van der Waals surface area contributed by atoms with E-state index in [1.807, 2.05) is 83.6 Å². The second-order valence-electron chi connectivity index (χ2n) is 30.2. The molecule has 0 N–H and O–H groups in total. The second-order valence-corrected chi connectivity index (χ2v) is 30.2. The van der Waals surface area contributed by atoms with Crippen molar-refractivity contribution in [1.82, 2.24) is 18.7 Å². The molecule has 6 nitrogen and oxygen atoms in total. The van der Waals surface area contributed by atoms with Crippen molar-refractivity contribution in [3.05, 3.63) is 301 Å². The van der Waals surface area contributed by atoms with Gasteiger partial charge >= 0.3 is 0 Å². The first-order chi connectivity index (χ1) is 53.7. The highest BCUT2D eigenvalue weighted by Crippen LogP contribution is 2.54. The lowest BCUT2D eigenvalue weighted by Crippen LogP contribution is -2.34. The zero-order valence-electron chi connectivity index (χ0n) is 70.5. The molecular formula is C94H79N5O. The minimum Gasteiger partial charge on any atom is -0.458 e. The quantitative estimate of drug-likeness (QED) is 0.112. The number of benzene rings is 12. The Kier molecular flexibility index (Phi) is 10.9. The van der Waals surface area contributed by atoms with Crippen molar-refractivity contribution < 1.29 is 27.1 Å². The summed E-state index contributed by atoms with van der Waals surface area (Å²) in [5, 5.41) is 4.18. The molecule has 0 saturated heterocycles. The predicted octanol–water partition coefficient (Wildman–Crippen LogP) is 24.3. The van der Waals surface area contributed by atoms with Crippen LogP contribution in [0.4, 0.5) is 0 Å². The lowest BCUT2D eigenvalue weighted by Gasteiger charge is -2.42. The van der Waals surface area contributed by atoms with E-state index < -0.39 is 106 Å². The fourth-order valence-electron chi connectivity index (χ4n) is 15.5. The van der Waals surface area contributed by atoms with Gasteiger partial charge in [0.05, 0.1) is 68.0 Å².